The van der Waals surface area contributed by atoms with Crippen molar-refractivity contribution in [1.82, 2.24) is 13.9 Å². The number of fused-ring (bicyclic) bond motifs is 2. The molecule has 0 amide bonds. The molecule has 1 aliphatic carbocycles. The van der Waals surface area contributed by atoms with Crippen LogP contribution in [0.5, 0.6) is 0 Å². The average Bonchev–Trinajstić information content (AvgIpc) is 2.55. The molecule has 7 nitrogen and oxygen atoms in total. The Morgan fingerprint density at radius 2 is 1.67 bits per heavy atom. The zero-order valence-corrected chi connectivity index (χ0v) is 9.80. The molecular weight excluding hydrogens is 238 g/mol. The second-order valence-corrected chi connectivity index (χ2v) is 4.52. The Labute approximate surface area is 101 Å². The molecule has 0 spiro atoms. The largest absolute Gasteiger partial charge is 0.351 e. The Morgan fingerprint density at radius 1 is 0.944 bits per heavy atom. The molecule has 7 heteroatoms. The Kier molecular flexibility index (Phi) is 2.07. The lowest BCUT2D eigenvalue weighted by Crippen LogP contribution is -2.39. The summed E-state index contributed by atoms with van der Waals surface area (Å²) in [5.41, 5.74) is -0.660. The molecule has 3 rings (SSSR count). The van der Waals surface area contributed by atoms with Gasteiger partial charge in [-0.15, -0.1) is 0 Å². The van der Waals surface area contributed by atoms with E-state index >= 15 is 0 Å². The summed E-state index contributed by atoms with van der Waals surface area (Å²) >= 11 is 0. The summed E-state index contributed by atoms with van der Waals surface area (Å²) in [5.74, 6) is -0.489. The van der Waals surface area contributed by atoms with Crippen molar-refractivity contribution in [1.29, 1.82) is 0 Å². The number of allylic oxidation sites excluding steroid dienone is 2. The summed E-state index contributed by atoms with van der Waals surface area (Å²) in [6.07, 6.45) is 1.42. The van der Waals surface area contributed by atoms with Crippen LogP contribution in [0, 0.1) is 0 Å². The van der Waals surface area contributed by atoms with Gasteiger partial charge in [-0.3, -0.25) is 9.59 Å². The van der Waals surface area contributed by atoms with Gasteiger partial charge in [0.05, 0.1) is 0 Å². The van der Waals surface area contributed by atoms with Gasteiger partial charge in [0, 0.05) is 19.0 Å². The first-order chi connectivity index (χ1) is 8.52. The van der Waals surface area contributed by atoms with Gasteiger partial charge in [-0.25, -0.2) is 18.8 Å². The minimum Gasteiger partial charge on any atom is -0.292 e. The summed E-state index contributed by atoms with van der Waals surface area (Å²) in [4.78, 5) is 47.6. The molecule has 2 heterocycles. The van der Waals surface area contributed by atoms with E-state index in [2.05, 4.69) is 0 Å². The Hall–Kier alpha value is -2.18. The van der Waals surface area contributed by atoms with Crippen LogP contribution in [-0.2, 0) is 23.2 Å². The molecule has 0 fully saturated rings. The van der Waals surface area contributed by atoms with E-state index in [0.717, 1.165) is 13.9 Å². The first kappa shape index (κ1) is 10.9. The van der Waals surface area contributed by atoms with Crippen molar-refractivity contribution in [3.63, 3.8) is 0 Å². The summed E-state index contributed by atoms with van der Waals surface area (Å²) in [6, 6.07) is 0. The lowest BCUT2D eigenvalue weighted by molar-refractivity contribution is -0.119. The van der Waals surface area contributed by atoms with Crippen molar-refractivity contribution >= 4 is 17.3 Å². The molecule has 0 unspecified atom stereocenters. The van der Waals surface area contributed by atoms with E-state index in [4.69, 9.17) is 0 Å². The topological polar surface area (TPSA) is 83.1 Å². The van der Waals surface area contributed by atoms with Gasteiger partial charge < -0.3 is 0 Å². The van der Waals surface area contributed by atoms with Gasteiger partial charge in [0.15, 0.2) is 11.6 Å². The summed E-state index contributed by atoms with van der Waals surface area (Å²) < 4.78 is 3.00. The molecule has 0 atom stereocenters. The molecule has 94 valence electrons. The van der Waals surface area contributed by atoms with Crippen molar-refractivity contribution in [3.8, 4) is 0 Å². The van der Waals surface area contributed by atoms with E-state index in [-0.39, 0.29) is 23.8 Å². The van der Waals surface area contributed by atoms with Crippen molar-refractivity contribution in [3.05, 3.63) is 26.5 Å². The SMILES string of the molecule is Cn1c(=O)n2n(c1=O)C1=C(CCCC1=O)C(=O)C2. The number of ketones is 2. The monoisotopic (exact) mass is 249 g/mol. The van der Waals surface area contributed by atoms with Crippen LogP contribution in [0.2, 0.25) is 0 Å². The maximum Gasteiger partial charge on any atom is 0.351 e. The zero-order valence-electron chi connectivity index (χ0n) is 9.80. The van der Waals surface area contributed by atoms with Gasteiger partial charge in [0.1, 0.15) is 12.2 Å². The number of hydrogen-bond donors (Lipinski definition) is 0. The molecular formula is C11H11N3O4. The Bertz CT molecular complexity index is 728. The molecule has 0 saturated heterocycles. The van der Waals surface area contributed by atoms with Crippen molar-refractivity contribution in [2.24, 2.45) is 7.05 Å². The van der Waals surface area contributed by atoms with Crippen LogP contribution in [-0.4, -0.2) is 25.5 Å². The number of nitrogens with zero attached hydrogens (tertiary/aromatic N) is 3. The zero-order chi connectivity index (χ0) is 13.0. The van der Waals surface area contributed by atoms with E-state index < -0.39 is 11.4 Å². The van der Waals surface area contributed by atoms with Crippen LogP contribution in [0.1, 0.15) is 19.3 Å². The molecule has 18 heavy (non-hydrogen) atoms. The van der Waals surface area contributed by atoms with Gasteiger partial charge in [0.2, 0.25) is 0 Å². The molecule has 1 aliphatic heterocycles. The lowest BCUT2D eigenvalue weighted by atomic mass is 9.91. The van der Waals surface area contributed by atoms with E-state index in [1.165, 1.54) is 7.05 Å². The first-order valence-corrected chi connectivity index (χ1v) is 5.71. The molecule has 1 aromatic rings. The van der Waals surface area contributed by atoms with Crippen LogP contribution >= 0.6 is 0 Å². The highest BCUT2D eigenvalue weighted by molar-refractivity contribution is 6.23. The van der Waals surface area contributed by atoms with Crippen LogP contribution in [0.15, 0.2) is 15.2 Å². The predicted octanol–water partition coefficient (Wildman–Crippen LogP) is -1.10. The Morgan fingerprint density at radius 3 is 2.39 bits per heavy atom. The van der Waals surface area contributed by atoms with Crippen molar-refractivity contribution in [2.75, 3.05) is 0 Å². The fourth-order valence-electron chi connectivity index (χ4n) is 2.52. The molecule has 0 bridgehead atoms. The summed E-state index contributed by atoms with van der Waals surface area (Å²) in [5, 5.41) is 0. The standard InChI is InChI=1S/C11H11N3O4/c1-12-10(17)13-5-8(16)6-3-2-4-7(15)9(6)14(13)11(12)18/h2-5H2,1H3. The molecule has 1 aromatic heterocycles. The molecule has 0 N–H and O–H groups in total. The quantitative estimate of drug-likeness (QED) is 0.584. The van der Waals surface area contributed by atoms with Crippen LogP contribution in [0.3, 0.4) is 0 Å². The van der Waals surface area contributed by atoms with Crippen LogP contribution in [0.25, 0.3) is 5.70 Å². The minimum absolute atomic E-state index is 0.0974. The highest BCUT2D eigenvalue weighted by Crippen LogP contribution is 2.27. The van der Waals surface area contributed by atoms with Crippen molar-refractivity contribution in [2.45, 2.75) is 25.8 Å². The van der Waals surface area contributed by atoms with Gasteiger partial charge in [0.25, 0.3) is 0 Å². The minimum atomic E-state index is -0.574. The van der Waals surface area contributed by atoms with Crippen LogP contribution < -0.4 is 11.4 Å². The normalized spacial score (nSPS) is 18.9. The maximum atomic E-state index is 11.9. The predicted molar refractivity (Wildman–Crippen MR) is 61.0 cm³/mol. The molecule has 0 saturated carbocycles. The lowest BCUT2D eigenvalue weighted by Gasteiger charge is -2.24. The third-order valence-electron chi connectivity index (χ3n) is 3.44. The number of carbonyl (C=O) groups is 2. The summed E-state index contributed by atoms with van der Waals surface area (Å²) in [6.45, 7) is -0.166. The number of rotatable bonds is 0. The number of aromatic nitrogens is 3. The third-order valence-corrected chi connectivity index (χ3v) is 3.44. The Balaban J connectivity index is 2.43. The molecule has 0 aromatic carbocycles. The maximum absolute atomic E-state index is 11.9. The molecule has 0 radical (unpaired) electrons. The molecule has 2 aliphatic rings. The van der Waals surface area contributed by atoms with Gasteiger partial charge in [-0.05, 0) is 12.8 Å². The van der Waals surface area contributed by atoms with Gasteiger partial charge in [-0.2, -0.15) is 4.68 Å². The average molecular weight is 249 g/mol. The number of hydrogen-bond acceptors (Lipinski definition) is 4. The fraction of sp³-hybridized carbons (Fsp3) is 0.455. The smallest absolute Gasteiger partial charge is 0.292 e. The van der Waals surface area contributed by atoms with E-state index in [1.807, 2.05) is 0 Å². The highest BCUT2D eigenvalue weighted by Gasteiger charge is 2.34. The van der Waals surface area contributed by atoms with Crippen LogP contribution in [0.4, 0.5) is 0 Å². The number of Topliss-reactive ketones (excluding diaryl/α,β-unsaturated/α-hetero) is 2. The second kappa shape index (κ2) is 3.41. The first-order valence-electron chi connectivity index (χ1n) is 5.71. The second-order valence-electron chi connectivity index (χ2n) is 4.52. The van der Waals surface area contributed by atoms with E-state index in [0.29, 0.717) is 24.8 Å². The van der Waals surface area contributed by atoms with Crippen molar-refractivity contribution < 1.29 is 9.59 Å². The van der Waals surface area contributed by atoms with E-state index in [9.17, 15) is 19.2 Å². The highest BCUT2D eigenvalue weighted by atomic mass is 16.2. The fourth-order valence-corrected chi connectivity index (χ4v) is 2.52. The van der Waals surface area contributed by atoms with Gasteiger partial charge in [-0.1, -0.05) is 0 Å². The third kappa shape index (κ3) is 1.18. The van der Waals surface area contributed by atoms with E-state index in [1.54, 1.807) is 0 Å². The van der Waals surface area contributed by atoms with Gasteiger partial charge >= 0.3 is 11.4 Å². The summed E-state index contributed by atoms with van der Waals surface area (Å²) in [7, 11) is 1.33. The number of carbonyl (C=O) groups excluding carboxylic acids is 2.